The third kappa shape index (κ3) is 3.31. The summed E-state index contributed by atoms with van der Waals surface area (Å²) in [6.07, 6.45) is 5.64. The SMILES string of the molecule is CC(=O)OCOC(=O)C(C(=O)O)C1=C2C=COC=C2CC1. The number of hydrogen-bond acceptors (Lipinski definition) is 6. The monoisotopic (exact) mass is 294 g/mol. The number of carboxylic acid groups (broad SMARTS) is 1. The van der Waals surface area contributed by atoms with Crippen LogP contribution < -0.4 is 0 Å². The minimum atomic E-state index is -1.41. The van der Waals surface area contributed by atoms with E-state index in [1.54, 1.807) is 6.08 Å². The number of esters is 2. The molecule has 112 valence electrons. The van der Waals surface area contributed by atoms with Gasteiger partial charge in [-0.1, -0.05) is 0 Å². The van der Waals surface area contributed by atoms with Crippen LogP contribution in [0.2, 0.25) is 0 Å². The van der Waals surface area contributed by atoms with Crippen LogP contribution in [0.3, 0.4) is 0 Å². The number of carboxylic acids is 1. The minimum absolute atomic E-state index is 0.439. The van der Waals surface area contributed by atoms with E-state index in [9.17, 15) is 19.5 Å². The van der Waals surface area contributed by atoms with E-state index in [1.807, 2.05) is 0 Å². The number of hydrogen-bond donors (Lipinski definition) is 1. The lowest BCUT2D eigenvalue weighted by molar-refractivity contribution is -0.170. The zero-order chi connectivity index (χ0) is 15.4. The van der Waals surface area contributed by atoms with Gasteiger partial charge in [-0.2, -0.15) is 0 Å². The van der Waals surface area contributed by atoms with Crippen LogP contribution >= 0.6 is 0 Å². The van der Waals surface area contributed by atoms with E-state index in [2.05, 4.69) is 4.74 Å². The van der Waals surface area contributed by atoms with Crippen molar-refractivity contribution in [2.75, 3.05) is 6.79 Å². The molecule has 0 aromatic heterocycles. The molecule has 0 saturated heterocycles. The van der Waals surface area contributed by atoms with E-state index in [-0.39, 0.29) is 0 Å². The molecule has 7 nitrogen and oxygen atoms in total. The van der Waals surface area contributed by atoms with Gasteiger partial charge in [0.1, 0.15) is 0 Å². The van der Waals surface area contributed by atoms with Crippen LogP contribution in [-0.4, -0.2) is 29.8 Å². The van der Waals surface area contributed by atoms with Crippen LogP contribution in [0.5, 0.6) is 0 Å². The highest BCUT2D eigenvalue weighted by molar-refractivity contribution is 5.98. The molecule has 0 bridgehead atoms. The largest absolute Gasteiger partial charge is 0.480 e. The molecule has 2 rings (SSSR count). The summed E-state index contributed by atoms with van der Waals surface area (Å²) in [5, 5.41) is 9.29. The van der Waals surface area contributed by atoms with Crippen molar-refractivity contribution < 1.29 is 33.7 Å². The lowest BCUT2D eigenvalue weighted by Crippen LogP contribution is -2.28. The van der Waals surface area contributed by atoms with Crippen LogP contribution in [0.1, 0.15) is 19.8 Å². The number of ether oxygens (including phenoxy) is 3. The van der Waals surface area contributed by atoms with Crippen LogP contribution in [0.15, 0.2) is 35.3 Å². The maximum Gasteiger partial charge on any atom is 0.327 e. The summed E-state index contributed by atoms with van der Waals surface area (Å²) >= 11 is 0. The maximum atomic E-state index is 11.9. The first-order valence-corrected chi connectivity index (χ1v) is 6.28. The Morgan fingerprint density at radius 2 is 2.10 bits per heavy atom. The average Bonchev–Trinajstić information content (AvgIpc) is 2.82. The smallest absolute Gasteiger partial charge is 0.327 e. The summed E-state index contributed by atoms with van der Waals surface area (Å²) in [5.74, 6) is -4.28. The number of rotatable bonds is 5. The molecule has 1 unspecified atom stereocenters. The van der Waals surface area contributed by atoms with Crippen LogP contribution in [-0.2, 0) is 28.6 Å². The molecule has 0 amide bonds. The van der Waals surface area contributed by atoms with Crippen molar-refractivity contribution in [1.29, 1.82) is 0 Å². The molecule has 0 spiro atoms. The van der Waals surface area contributed by atoms with Crippen LogP contribution in [0.25, 0.3) is 0 Å². The van der Waals surface area contributed by atoms with Crippen molar-refractivity contribution in [3.63, 3.8) is 0 Å². The first kappa shape index (κ1) is 14.8. The molecule has 1 heterocycles. The Balaban J connectivity index is 2.16. The number of carbonyl (C=O) groups is 3. The zero-order valence-corrected chi connectivity index (χ0v) is 11.3. The lowest BCUT2D eigenvalue weighted by atomic mass is 9.95. The van der Waals surface area contributed by atoms with Gasteiger partial charge in [0.05, 0.1) is 12.5 Å². The van der Waals surface area contributed by atoms with E-state index in [0.29, 0.717) is 24.0 Å². The average molecular weight is 294 g/mol. The number of carbonyl (C=O) groups excluding carboxylic acids is 2. The highest BCUT2D eigenvalue weighted by atomic mass is 16.7. The van der Waals surface area contributed by atoms with Gasteiger partial charge in [-0.05, 0) is 35.6 Å². The summed E-state index contributed by atoms with van der Waals surface area (Å²) in [4.78, 5) is 33.9. The molecular formula is C14H14O7. The second-order valence-electron chi connectivity index (χ2n) is 4.51. The molecule has 1 atom stereocenters. The Bertz CT molecular complexity index is 568. The predicted octanol–water partition coefficient (Wildman–Crippen LogP) is 1.27. The first-order chi connectivity index (χ1) is 10.0. The van der Waals surface area contributed by atoms with E-state index in [0.717, 1.165) is 12.5 Å². The van der Waals surface area contributed by atoms with Gasteiger partial charge in [-0.3, -0.25) is 14.4 Å². The fourth-order valence-corrected chi connectivity index (χ4v) is 2.26. The fraction of sp³-hybridized carbons (Fsp3) is 0.357. The highest BCUT2D eigenvalue weighted by Crippen LogP contribution is 2.38. The topological polar surface area (TPSA) is 99.1 Å². The molecular weight excluding hydrogens is 280 g/mol. The van der Waals surface area contributed by atoms with Crippen molar-refractivity contribution in [1.82, 2.24) is 0 Å². The Morgan fingerprint density at radius 3 is 2.76 bits per heavy atom. The Labute approximate surface area is 120 Å². The Kier molecular flexibility index (Phi) is 4.42. The van der Waals surface area contributed by atoms with Crippen LogP contribution in [0, 0.1) is 5.92 Å². The van der Waals surface area contributed by atoms with Crippen molar-refractivity contribution in [3.8, 4) is 0 Å². The van der Waals surface area contributed by atoms with Gasteiger partial charge in [0.15, 0.2) is 5.92 Å². The van der Waals surface area contributed by atoms with E-state index < -0.39 is 30.6 Å². The molecule has 7 heteroatoms. The second-order valence-corrected chi connectivity index (χ2v) is 4.51. The van der Waals surface area contributed by atoms with Gasteiger partial charge >= 0.3 is 17.9 Å². The summed E-state index contributed by atoms with van der Waals surface area (Å²) < 4.78 is 14.2. The molecule has 0 aromatic carbocycles. The van der Waals surface area contributed by atoms with E-state index in [1.165, 1.54) is 12.5 Å². The quantitative estimate of drug-likeness (QED) is 0.463. The molecule has 0 radical (unpaired) electrons. The molecule has 2 aliphatic rings. The summed E-state index contributed by atoms with van der Waals surface area (Å²) in [6, 6.07) is 0. The van der Waals surface area contributed by atoms with E-state index >= 15 is 0 Å². The van der Waals surface area contributed by atoms with E-state index in [4.69, 9.17) is 9.47 Å². The summed E-state index contributed by atoms with van der Waals surface area (Å²) in [5.41, 5.74) is 2.02. The third-order valence-corrected chi connectivity index (χ3v) is 3.17. The Hall–Kier alpha value is -2.57. The van der Waals surface area contributed by atoms with Crippen molar-refractivity contribution >= 4 is 17.9 Å². The minimum Gasteiger partial charge on any atom is -0.480 e. The highest BCUT2D eigenvalue weighted by Gasteiger charge is 2.37. The molecule has 0 aromatic rings. The molecule has 0 saturated carbocycles. The van der Waals surface area contributed by atoms with Gasteiger partial charge in [-0.15, -0.1) is 0 Å². The fourth-order valence-electron chi connectivity index (χ4n) is 2.26. The Morgan fingerprint density at radius 1 is 1.33 bits per heavy atom. The zero-order valence-electron chi connectivity index (χ0n) is 11.3. The first-order valence-electron chi connectivity index (χ1n) is 6.28. The number of allylic oxidation sites excluding steroid dienone is 3. The normalized spacial score (nSPS) is 17.5. The van der Waals surface area contributed by atoms with Gasteiger partial charge in [0.25, 0.3) is 0 Å². The van der Waals surface area contributed by atoms with Gasteiger partial charge in [-0.25, -0.2) is 0 Å². The summed E-state index contributed by atoms with van der Waals surface area (Å²) in [6.45, 7) is 0.566. The molecule has 1 aliphatic heterocycles. The van der Waals surface area contributed by atoms with Gasteiger partial charge in [0.2, 0.25) is 6.79 Å². The maximum absolute atomic E-state index is 11.9. The standard InChI is InChI=1S/C14H14O7/c1-8(15)20-7-21-14(18)12(13(16)17)11-3-2-9-6-19-5-4-10(9)11/h4-6,12H,2-3,7H2,1H3,(H,16,17). The molecule has 0 fully saturated rings. The number of fused-ring (bicyclic) bond motifs is 1. The van der Waals surface area contributed by atoms with Gasteiger partial charge in [0, 0.05) is 6.92 Å². The third-order valence-electron chi connectivity index (χ3n) is 3.17. The van der Waals surface area contributed by atoms with Crippen molar-refractivity contribution in [3.05, 3.63) is 35.3 Å². The lowest BCUT2D eigenvalue weighted by Gasteiger charge is -2.15. The van der Waals surface area contributed by atoms with Crippen LogP contribution in [0.4, 0.5) is 0 Å². The van der Waals surface area contributed by atoms with Gasteiger partial charge < -0.3 is 19.3 Å². The molecule has 1 N–H and O–H groups in total. The molecule has 1 aliphatic carbocycles. The predicted molar refractivity (Wildman–Crippen MR) is 68.4 cm³/mol. The van der Waals surface area contributed by atoms with Crippen molar-refractivity contribution in [2.45, 2.75) is 19.8 Å². The van der Waals surface area contributed by atoms with Crippen molar-refractivity contribution in [2.24, 2.45) is 5.92 Å². The summed E-state index contributed by atoms with van der Waals surface area (Å²) in [7, 11) is 0. The second kappa shape index (κ2) is 6.25. The number of aliphatic carboxylic acids is 1. The molecule has 21 heavy (non-hydrogen) atoms.